The molecule has 0 bridgehead atoms. The van der Waals surface area contributed by atoms with Crippen molar-refractivity contribution < 1.29 is 19.4 Å². The standard InChI is InChI=1S/C23H23NO4/c1-2-3-12-24-20(15-7-5-4-6-8-15)19(22(26)23(24)27)21(25)17-9-10-18-16(14-17)11-13-28-18/h4-10,14,20,25H,2-3,11-13H2,1H3/b21-19-. The molecule has 1 saturated heterocycles. The number of carbonyl (C=O) groups is 2. The number of fused-ring (bicyclic) bond motifs is 1. The van der Waals surface area contributed by atoms with Gasteiger partial charge in [-0.15, -0.1) is 0 Å². The van der Waals surface area contributed by atoms with Gasteiger partial charge in [-0.2, -0.15) is 0 Å². The monoisotopic (exact) mass is 377 g/mol. The normalized spacial score (nSPS) is 20.3. The Morgan fingerprint density at radius 3 is 2.71 bits per heavy atom. The summed E-state index contributed by atoms with van der Waals surface area (Å²) >= 11 is 0. The summed E-state index contributed by atoms with van der Waals surface area (Å²) in [6.45, 7) is 3.14. The van der Waals surface area contributed by atoms with Gasteiger partial charge < -0.3 is 14.7 Å². The fraction of sp³-hybridized carbons (Fsp3) is 0.304. The Labute approximate surface area is 164 Å². The van der Waals surface area contributed by atoms with E-state index in [2.05, 4.69) is 0 Å². The number of Topliss-reactive ketones (excluding diaryl/α,β-unsaturated/α-hetero) is 1. The summed E-state index contributed by atoms with van der Waals surface area (Å²) < 4.78 is 5.52. The maximum Gasteiger partial charge on any atom is 0.295 e. The molecule has 0 aromatic heterocycles. The van der Waals surface area contributed by atoms with Crippen LogP contribution < -0.4 is 4.74 Å². The van der Waals surface area contributed by atoms with E-state index in [9.17, 15) is 14.7 Å². The molecule has 2 aliphatic rings. The molecule has 1 amide bonds. The van der Waals surface area contributed by atoms with Crippen LogP contribution >= 0.6 is 0 Å². The number of likely N-dealkylation sites (tertiary alicyclic amines) is 1. The lowest BCUT2D eigenvalue weighted by Gasteiger charge is -2.25. The molecule has 0 saturated carbocycles. The minimum atomic E-state index is -0.626. The zero-order chi connectivity index (χ0) is 19.7. The smallest absolute Gasteiger partial charge is 0.295 e. The Balaban J connectivity index is 1.83. The molecule has 2 aliphatic heterocycles. The van der Waals surface area contributed by atoms with Gasteiger partial charge in [0.2, 0.25) is 0 Å². The van der Waals surface area contributed by atoms with Gasteiger partial charge >= 0.3 is 0 Å². The molecule has 144 valence electrons. The van der Waals surface area contributed by atoms with Crippen LogP contribution in [0.1, 0.15) is 42.5 Å². The number of aliphatic hydroxyl groups is 1. The number of carbonyl (C=O) groups excluding carboxylic acids is 2. The van der Waals surface area contributed by atoms with E-state index in [0.29, 0.717) is 18.7 Å². The zero-order valence-electron chi connectivity index (χ0n) is 15.9. The lowest BCUT2D eigenvalue weighted by Crippen LogP contribution is -2.30. The highest BCUT2D eigenvalue weighted by atomic mass is 16.5. The molecule has 1 atom stereocenters. The highest BCUT2D eigenvalue weighted by Crippen LogP contribution is 2.40. The van der Waals surface area contributed by atoms with Crippen LogP contribution in [-0.2, 0) is 16.0 Å². The zero-order valence-corrected chi connectivity index (χ0v) is 15.9. The van der Waals surface area contributed by atoms with Crippen LogP contribution in [0.4, 0.5) is 0 Å². The summed E-state index contributed by atoms with van der Waals surface area (Å²) in [5, 5.41) is 11.1. The number of hydrogen-bond acceptors (Lipinski definition) is 4. The molecule has 4 rings (SSSR count). The van der Waals surface area contributed by atoms with Crippen molar-refractivity contribution >= 4 is 17.4 Å². The molecule has 2 heterocycles. The van der Waals surface area contributed by atoms with E-state index in [1.807, 2.05) is 49.4 Å². The first kappa shape index (κ1) is 18.3. The van der Waals surface area contributed by atoms with Crippen molar-refractivity contribution in [2.45, 2.75) is 32.2 Å². The van der Waals surface area contributed by atoms with Crippen LogP contribution in [0.3, 0.4) is 0 Å². The largest absolute Gasteiger partial charge is 0.507 e. The Morgan fingerprint density at radius 1 is 1.18 bits per heavy atom. The molecule has 2 aromatic carbocycles. The molecule has 5 heteroatoms. The predicted octanol–water partition coefficient (Wildman–Crippen LogP) is 3.84. The number of amides is 1. The number of benzene rings is 2. The van der Waals surface area contributed by atoms with Crippen LogP contribution in [-0.4, -0.2) is 34.8 Å². The van der Waals surface area contributed by atoms with Crippen molar-refractivity contribution in [3.8, 4) is 5.75 Å². The first-order valence-electron chi connectivity index (χ1n) is 9.71. The van der Waals surface area contributed by atoms with Gasteiger partial charge in [-0.1, -0.05) is 43.7 Å². The Bertz CT molecular complexity index is 948. The van der Waals surface area contributed by atoms with Gasteiger partial charge in [0.25, 0.3) is 11.7 Å². The fourth-order valence-electron chi connectivity index (χ4n) is 3.91. The number of aliphatic hydroxyl groups excluding tert-OH is 1. The third-order valence-electron chi connectivity index (χ3n) is 5.37. The quantitative estimate of drug-likeness (QED) is 0.488. The van der Waals surface area contributed by atoms with Gasteiger partial charge in [-0.25, -0.2) is 0 Å². The van der Waals surface area contributed by atoms with E-state index in [1.165, 1.54) is 0 Å². The SMILES string of the molecule is CCCCN1C(=O)C(=O)/C(=C(\O)c2ccc3c(c2)CCO3)C1c1ccccc1. The predicted molar refractivity (Wildman–Crippen MR) is 106 cm³/mol. The van der Waals surface area contributed by atoms with Crippen LogP contribution in [0.2, 0.25) is 0 Å². The van der Waals surface area contributed by atoms with Gasteiger partial charge in [0, 0.05) is 18.5 Å². The Morgan fingerprint density at radius 2 is 1.96 bits per heavy atom. The number of nitrogens with zero attached hydrogens (tertiary/aromatic N) is 1. The number of hydrogen-bond donors (Lipinski definition) is 1. The third-order valence-corrected chi connectivity index (χ3v) is 5.37. The first-order chi connectivity index (χ1) is 13.6. The van der Waals surface area contributed by atoms with Gasteiger partial charge in [0.05, 0.1) is 18.2 Å². The maximum absolute atomic E-state index is 12.9. The molecular weight excluding hydrogens is 354 g/mol. The number of rotatable bonds is 5. The minimum absolute atomic E-state index is 0.124. The topological polar surface area (TPSA) is 66.8 Å². The van der Waals surface area contributed by atoms with E-state index < -0.39 is 17.7 Å². The van der Waals surface area contributed by atoms with E-state index in [-0.39, 0.29) is 11.3 Å². The summed E-state index contributed by atoms with van der Waals surface area (Å²) in [6.07, 6.45) is 2.48. The van der Waals surface area contributed by atoms with Gasteiger partial charge in [-0.05, 0) is 35.7 Å². The lowest BCUT2D eigenvalue weighted by molar-refractivity contribution is -0.139. The minimum Gasteiger partial charge on any atom is -0.507 e. The lowest BCUT2D eigenvalue weighted by atomic mass is 9.94. The molecule has 5 nitrogen and oxygen atoms in total. The first-order valence-corrected chi connectivity index (χ1v) is 9.71. The van der Waals surface area contributed by atoms with Crippen LogP contribution in [0, 0.1) is 0 Å². The average molecular weight is 377 g/mol. The number of ketones is 1. The second kappa shape index (κ2) is 7.50. The second-order valence-corrected chi connectivity index (χ2v) is 7.18. The molecule has 0 aliphatic carbocycles. The number of unbranched alkanes of at least 4 members (excludes halogenated alkanes) is 1. The molecule has 1 fully saturated rings. The molecule has 2 aromatic rings. The summed E-state index contributed by atoms with van der Waals surface area (Å²) in [6, 6.07) is 14.2. The summed E-state index contributed by atoms with van der Waals surface area (Å²) in [4.78, 5) is 27.2. The van der Waals surface area contributed by atoms with E-state index >= 15 is 0 Å². The molecule has 1 N–H and O–H groups in total. The van der Waals surface area contributed by atoms with Gasteiger partial charge in [0.15, 0.2) is 0 Å². The number of ether oxygens (including phenoxy) is 1. The summed E-state index contributed by atoms with van der Waals surface area (Å²) in [7, 11) is 0. The van der Waals surface area contributed by atoms with E-state index in [4.69, 9.17) is 4.74 Å². The molecular formula is C23H23NO4. The van der Waals surface area contributed by atoms with Gasteiger partial charge in [-0.3, -0.25) is 9.59 Å². The summed E-state index contributed by atoms with van der Waals surface area (Å²) in [5.41, 5.74) is 2.52. The van der Waals surface area contributed by atoms with Crippen molar-refractivity contribution in [3.05, 3.63) is 70.8 Å². The van der Waals surface area contributed by atoms with Crippen molar-refractivity contribution in [1.29, 1.82) is 0 Å². The van der Waals surface area contributed by atoms with E-state index in [1.54, 1.807) is 11.0 Å². The van der Waals surface area contributed by atoms with Crippen molar-refractivity contribution in [2.75, 3.05) is 13.2 Å². The van der Waals surface area contributed by atoms with Crippen LogP contribution in [0.5, 0.6) is 5.75 Å². The van der Waals surface area contributed by atoms with Crippen molar-refractivity contribution in [2.24, 2.45) is 0 Å². The Hall–Kier alpha value is -3.08. The van der Waals surface area contributed by atoms with Crippen molar-refractivity contribution in [1.82, 2.24) is 4.90 Å². The average Bonchev–Trinajstić information content (AvgIpc) is 3.29. The second-order valence-electron chi connectivity index (χ2n) is 7.18. The van der Waals surface area contributed by atoms with E-state index in [0.717, 1.165) is 36.1 Å². The van der Waals surface area contributed by atoms with Crippen LogP contribution in [0.15, 0.2) is 54.1 Å². The molecule has 28 heavy (non-hydrogen) atoms. The Kier molecular flexibility index (Phi) is 4.90. The molecule has 0 radical (unpaired) electrons. The highest BCUT2D eigenvalue weighted by molar-refractivity contribution is 6.46. The maximum atomic E-state index is 12.9. The third kappa shape index (κ3) is 3.07. The molecule has 0 spiro atoms. The highest BCUT2D eigenvalue weighted by Gasteiger charge is 2.45. The van der Waals surface area contributed by atoms with Crippen LogP contribution in [0.25, 0.3) is 5.76 Å². The van der Waals surface area contributed by atoms with Gasteiger partial charge in [0.1, 0.15) is 11.5 Å². The molecule has 1 unspecified atom stereocenters. The van der Waals surface area contributed by atoms with Crippen molar-refractivity contribution in [3.63, 3.8) is 0 Å². The summed E-state index contributed by atoms with van der Waals surface area (Å²) in [5.74, 6) is -0.493. The fourth-order valence-corrected chi connectivity index (χ4v) is 3.91.